The number of hydrogen-bond donors (Lipinski definition) is 1. The highest BCUT2D eigenvalue weighted by molar-refractivity contribution is 5.71. The van der Waals surface area contributed by atoms with Gasteiger partial charge < -0.3 is 10.0 Å². The third kappa shape index (κ3) is 1.07. The van der Waals surface area contributed by atoms with Gasteiger partial charge in [-0.2, -0.15) is 0 Å². The van der Waals surface area contributed by atoms with Crippen molar-refractivity contribution in [1.29, 1.82) is 0 Å². The van der Waals surface area contributed by atoms with Crippen LogP contribution in [0.25, 0.3) is 0 Å². The molecule has 0 fully saturated rings. The SMILES string of the molecule is OCN1C=CC=NC1. The van der Waals surface area contributed by atoms with Crippen molar-refractivity contribution in [3.63, 3.8) is 0 Å². The maximum Gasteiger partial charge on any atom is 0.116 e. The van der Waals surface area contributed by atoms with Crippen molar-refractivity contribution < 1.29 is 5.11 Å². The third-order valence-corrected chi connectivity index (χ3v) is 0.933. The predicted molar refractivity (Wildman–Crippen MR) is 31.4 cm³/mol. The summed E-state index contributed by atoms with van der Waals surface area (Å²) in [5.74, 6) is 0. The summed E-state index contributed by atoms with van der Waals surface area (Å²) in [5.41, 5.74) is 0. The van der Waals surface area contributed by atoms with Gasteiger partial charge in [0.2, 0.25) is 0 Å². The zero-order valence-electron chi connectivity index (χ0n) is 4.49. The van der Waals surface area contributed by atoms with E-state index in [0.29, 0.717) is 6.67 Å². The van der Waals surface area contributed by atoms with Gasteiger partial charge >= 0.3 is 0 Å². The van der Waals surface area contributed by atoms with Gasteiger partial charge in [0.1, 0.15) is 13.4 Å². The molecule has 1 N–H and O–H groups in total. The lowest BCUT2D eigenvalue weighted by atomic mass is 10.5. The van der Waals surface area contributed by atoms with Gasteiger partial charge in [-0.3, -0.25) is 4.99 Å². The minimum Gasteiger partial charge on any atom is -0.376 e. The second kappa shape index (κ2) is 2.47. The first-order valence-corrected chi connectivity index (χ1v) is 2.45. The van der Waals surface area contributed by atoms with Crippen LogP contribution in [0.5, 0.6) is 0 Å². The van der Waals surface area contributed by atoms with Crippen LogP contribution >= 0.6 is 0 Å². The molecule has 0 radical (unpaired) electrons. The van der Waals surface area contributed by atoms with Gasteiger partial charge in [0.25, 0.3) is 0 Å². The highest BCUT2D eigenvalue weighted by Crippen LogP contribution is 1.91. The molecular weight excluding hydrogens is 104 g/mol. The lowest BCUT2D eigenvalue weighted by molar-refractivity contribution is 0.154. The highest BCUT2D eigenvalue weighted by atomic mass is 16.3. The van der Waals surface area contributed by atoms with Crippen molar-refractivity contribution in [2.75, 3.05) is 13.4 Å². The molecule has 1 aliphatic heterocycles. The highest BCUT2D eigenvalue weighted by Gasteiger charge is 1.93. The van der Waals surface area contributed by atoms with Gasteiger partial charge in [0.15, 0.2) is 0 Å². The number of rotatable bonds is 1. The van der Waals surface area contributed by atoms with Crippen LogP contribution < -0.4 is 0 Å². The van der Waals surface area contributed by atoms with Crippen LogP contribution in [0.3, 0.4) is 0 Å². The lowest BCUT2D eigenvalue weighted by Crippen LogP contribution is -2.19. The van der Waals surface area contributed by atoms with Gasteiger partial charge in [-0.25, -0.2) is 0 Å². The minimum atomic E-state index is 0.0494. The Labute approximate surface area is 48.0 Å². The van der Waals surface area contributed by atoms with Crippen molar-refractivity contribution in [2.45, 2.75) is 0 Å². The molecule has 0 aliphatic carbocycles. The van der Waals surface area contributed by atoms with Gasteiger partial charge in [-0.15, -0.1) is 0 Å². The molecule has 1 aliphatic rings. The Morgan fingerprint density at radius 2 is 2.62 bits per heavy atom. The zero-order valence-corrected chi connectivity index (χ0v) is 4.49. The average molecular weight is 112 g/mol. The molecule has 0 bridgehead atoms. The smallest absolute Gasteiger partial charge is 0.116 e. The van der Waals surface area contributed by atoms with E-state index >= 15 is 0 Å². The average Bonchev–Trinajstić information content (AvgIpc) is 1.90. The fourth-order valence-corrected chi connectivity index (χ4v) is 0.512. The Morgan fingerprint density at radius 1 is 1.75 bits per heavy atom. The second-order valence-corrected chi connectivity index (χ2v) is 1.54. The summed E-state index contributed by atoms with van der Waals surface area (Å²) < 4.78 is 0. The standard InChI is InChI=1S/C5H8N2O/c8-5-7-3-1-2-6-4-7/h1-3,8H,4-5H2. The number of allylic oxidation sites excluding steroid dienone is 1. The number of nitrogens with zero attached hydrogens (tertiary/aromatic N) is 2. The van der Waals surface area contributed by atoms with E-state index in [1.807, 2.05) is 0 Å². The molecule has 0 atom stereocenters. The van der Waals surface area contributed by atoms with E-state index < -0.39 is 0 Å². The molecule has 0 saturated carbocycles. The van der Waals surface area contributed by atoms with Gasteiger partial charge in [-0.1, -0.05) is 0 Å². The molecule has 0 saturated heterocycles. The van der Waals surface area contributed by atoms with E-state index in [1.54, 1.807) is 23.4 Å². The van der Waals surface area contributed by atoms with Crippen molar-refractivity contribution in [2.24, 2.45) is 4.99 Å². The van der Waals surface area contributed by atoms with Crippen LogP contribution in [0.2, 0.25) is 0 Å². The molecule has 3 nitrogen and oxygen atoms in total. The first kappa shape index (κ1) is 5.31. The Balaban J connectivity index is 2.40. The molecule has 1 heterocycles. The van der Waals surface area contributed by atoms with E-state index in [2.05, 4.69) is 4.99 Å². The molecule has 0 aromatic carbocycles. The molecule has 44 valence electrons. The quantitative estimate of drug-likeness (QED) is 0.509. The lowest BCUT2D eigenvalue weighted by Gasteiger charge is -2.15. The summed E-state index contributed by atoms with van der Waals surface area (Å²) >= 11 is 0. The Morgan fingerprint density at radius 3 is 3.00 bits per heavy atom. The Bertz CT molecular complexity index is 120. The van der Waals surface area contributed by atoms with E-state index in [0.717, 1.165) is 0 Å². The summed E-state index contributed by atoms with van der Waals surface area (Å²) in [7, 11) is 0. The summed E-state index contributed by atoms with van der Waals surface area (Å²) in [6.07, 6.45) is 5.30. The molecule has 0 aromatic rings. The van der Waals surface area contributed by atoms with E-state index in [4.69, 9.17) is 5.11 Å². The molecule has 8 heavy (non-hydrogen) atoms. The number of hydrogen-bond acceptors (Lipinski definition) is 3. The van der Waals surface area contributed by atoms with E-state index in [9.17, 15) is 0 Å². The molecule has 3 heteroatoms. The number of aliphatic hydroxyl groups excluding tert-OH is 1. The molecule has 0 unspecified atom stereocenters. The monoisotopic (exact) mass is 112 g/mol. The summed E-state index contributed by atoms with van der Waals surface area (Å²) in [5, 5.41) is 8.49. The second-order valence-electron chi connectivity index (χ2n) is 1.54. The molecule has 0 amide bonds. The first-order valence-electron chi connectivity index (χ1n) is 2.45. The summed E-state index contributed by atoms with van der Waals surface area (Å²) in [6.45, 7) is 0.626. The van der Waals surface area contributed by atoms with Crippen molar-refractivity contribution in [1.82, 2.24) is 4.90 Å². The minimum absolute atomic E-state index is 0.0494. The van der Waals surface area contributed by atoms with Crippen LogP contribution in [-0.2, 0) is 0 Å². The topological polar surface area (TPSA) is 35.8 Å². The first-order chi connectivity index (χ1) is 3.93. The van der Waals surface area contributed by atoms with Crippen LogP contribution in [-0.4, -0.2) is 29.6 Å². The van der Waals surface area contributed by atoms with Crippen LogP contribution in [0.4, 0.5) is 0 Å². The molecular formula is C5H8N2O. The zero-order chi connectivity index (χ0) is 5.82. The van der Waals surface area contributed by atoms with Crippen LogP contribution in [0, 0.1) is 0 Å². The van der Waals surface area contributed by atoms with Crippen molar-refractivity contribution >= 4 is 6.21 Å². The third-order valence-electron chi connectivity index (χ3n) is 0.933. The Hall–Kier alpha value is -0.830. The van der Waals surface area contributed by atoms with Gasteiger partial charge in [0.05, 0.1) is 0 Å². The Kier molecular flexibility index (Phi) is 1.64. The fraction of sp³-hybridized carbons (Fsp3) is 0.400. The predicted octanol–water partition coefficient (Wildman–Crippen LogP) is -0.206. The van der Waals surface area contributed by atoms with Crippen molar-refractivity contribution in [3.05, 3.63) is 12.3 Å². The normalized spacial score (nSPS) is 17.4. The maximum atomic E-state index is 8.49. The number of aliphatic hydroxyl groups is 1. The van der Waals surface area contributed by atoms with Gasteiger partial charge in [-0.05, 0) is 6.08 Å². The van der Waals surface area contributed by atoms with E-state index in [-0.39, 0.29) is 6.73 Å². The fourth-order valence-electron chi connectivity index (χ4n) is 0.512. The van der Waals surface area contributed by atoms with Gasteiger partial charge in [0, 0.05) is 12.4 Å². The molecule has 1 rings (SSSR count). The molecule has 0 spiro atoms. The maximum absolute atomic E-state index is 8.49. The number of aliphatic imine (C=N–C) groups is 1. The molecule has 0 aromatic heterocycles. The largest absolute Gasteiger partial charge is 0.376 e. The van der Waals surface area contributed by atoms with E-state index in [1.165, 1.54) is 0 Å². The summed E-state index contributed by atoms with van der Waals surface area (Å²) in [4.78, 5) is 5.58. The summed E-state index contributed by atoms with van der Waals surface area (Å²) in [6, 6.07) is 0. The van der Waals surface area contributed by atoms with Crippen LogP contribution in [0.1, 0.15) is 0 Å². The van der Waals surface area contributed by atoms with Crippen molar-refractivity contribution in [3.8, 4) is 0 Å². The van der Waals surface area contributed by atoms with Crippen LogP contribution in [0.15, 0.2) is 17.3 Å².